The maximum Gasteiger partial charge on any atom is 0.187 e. The summed E-state index contributed by atoms with van der Waals surface area (Å²) in [6.07, 6.45) is 3.57. The standard InChI is InChI=1S/C16H16FN3OS/c1-2-14-15(17)16(19-11-18-14)20(9-12-5-3-7-21-12)10-13-6-4-8-22-13/h3-8,11H,2,9-10H2,1H3. The van der Waals surface area contributed by atoms with E-state index in [-0.39, 0.29) is 5.82 Å². The molecule has 0 aliphatic heterocycles. The Bertz CT molecular complexity index is 677. The molecule has 3 heterocycles. The van der Waals surface area contributed by atoms with Crippen LogP contribution in [0.15, 0.2) is 46.7 Å². The lowest BCUT2D eigenvalue weighted by Gasteiger charge is -2.23. The Morgan fingerprint density at radius 3 is 2.82 bits per heavy atom. The lowest BCUT2D eigenvalue weighted by Crippen LogP contribution is -2.24. The van der Waals surface area contributed by atoms with Gasteiger partial charge in [-0.2, -0.15) is 0 Å². The van der Waals surface area contributed by atoms with Gasteiger partial charge in [-0.3, -0.25) is 0 Å². The highest BCUT2D eigenvalue weighted by atomic mass is 32.1. The van der Waals surface area contributed by atoms with Crippen molar-refractivity contribution in [2.45, 2.75) is 26.4 Å². The van der Waals surface area contributed by atoms with E-state index in [0.717, 1.165) is 10.6 Å². The highest BCUT2D eigenvalue weighted by Gasteiger charge is 2.18. The van der Waals surface area contributed by atoms with Crippen LogP contribution < -0.4 is 4.90 Å². The zero-order valence-electron chi connectivity index (χ0n) is 12.2. The van der Waals surface area contributed by atoms with Crippen LogP contribution in [-0.4, -0.2) is 9.97 Å². The Kier molecular flexibility index (Phi) is 4.48. The van der Waals surface area contributed by atoms with Crippen LogP contribution in [0.3, 0.4) is 0 Å². The van der Waals surface area contributed by atoms with Gasteiger partial charge in [0, 0.05) is 4.88 Å². The van der Waals surface area contributed by atoms with Crippen LogP contribution in [0.5, 0.6) is 0 Å². The Morgan fingerprint density at radius 2 is 2.14 bits per heavy atom. The summed E-state index contributed by atoms with van der Waals surface area (Å²) in [5, 5.41) is 2.01. The van der Waals surface area contributed by atoms with Crippen molar-refractivity contribution in [3.63, 3.8) is 0 Å². The predicted octanol–water partition coefficient (Wildman–Crippen LogP) is 4.04. The van der Waals surface area contributed by atoms with E-state index in [2.05, 4.69) is 9.97 Å². The summed E-state index contributed by atoms with van der Waals surface area (Å²) in [7, 11) is 0. The molecule has 4 nitrogen and oxygen atoms in total. The van der Waals surface area contributed by atoms with Crippen LogP contribution in [0, 0.1) is 5.82 Å². The molecular formula is C16H16FN3OS. The zero-order chi connectivity index (χ0) is 15.4. The fourth-order valence-corrected chi connectivity index (χ4v) is 2.97. The molecule has 0 amide bonds. The quantitative estimate of drug-likeness (QED) is 0.688. The van der Waals surface area contributed by atoms with Gasteiger partial charge in [0.1, 0.15) is 12.1 Å². The molecule has 0 saturated carbocycles. The molecule has 0 unspecified atom stereocenters. The monoisotopic (exact) mass is 317 g/mol. The highest BCUT2D eigenvalue weighted by molar-refractivity contribution is 7.09. The van der Waals surface area contributed by atoms with E-state index in [9.17, 15) is 4.39 Å². The zero-order valence-corrected chi connectivity index (χ0v) is 13.0. The van der Waals surface area contributed by atoms with E-state index in [4.69, 9.17) is 4.42 Å². The summed E-state index contributed by atoms with van der Waals surface area (Å²) in [4.78, 5) is 11.2. The van der Waals surface area contributed by atoms with Gasteiger partial charge in [0.2, 0.25) is 0 Å². The third-order valence-corrected chi connectivity index (χ3v) is 4.19. The SMILES string of the molecule is CCc1ncnc(N(Cc2ccco2)Cc2cccs2)c1F. The first-order valence-corrected chi connectivity index (χ1v) is 7.95. The highest BCUT2D eigenvalue weighted by Crippen LogP contribution is 2.24. The van der Waals surface area contributed by atoms with Gasteiger partial charge < -0.3 is 9.32 Å². The Balaban J connectivity index is 1.93. The number of aromatic nitrogens is 2. The van der Waals surface area contributed by atoms with Gasteiger partial charge in [0.05, 0.1) is 25.0 Å². The van der Waals surface area contributed by atoms with Crippen LogP contribution in [0.25, 0.3) is 0 Å². The minimum atomic E-state index is -0.354. The maximum absolute atomic E-state index is 14.6. The number of anilines is 1. The van der Waals surface area contributed by atoms with Crippen molar-refractivity contribution < 1.29 is 8.81 Å². The molecule has 3 rings (SSSR count). The van der Waals surface area contributed by atoms with Crippen molar-refractivity contribution in [3.8, 4) is 0 Å². The second-order valence-electron chi connectivity index (χ2n) is 4.83. The minimum absolute atomic E-state index is 0.316. The van der Waals surface area contributed by atoms with Crippen molar-refractivity contribution in [1.29, 1.82) is 0 Å². The average molecular weight is 317 g/mol. The number of hydrogen-bond acceptors (Lipinski definition) is 5. The lowest BCUT2D eigenvalue weighted by atomic mass is 10.2. The average Bonchev–Trinajstić information content (AvgIpc) is 3.20. The number of thiophene rings is 1. The Morgan fingerprint density at radius 1 is 1.23 bits per heavy atom. The molecule has 0 N–H and O–H groups in total. The number of nitrogens with zero attached hydrogens (tertiary/aromatic N) is 3. The molecule has 0 atom stereocenters. The Hall–Kier alpha value is -2.21. The van der Waals surface area contributed by atoms with Gasteiger partial charge in [-0.25, -0.2) is 14.4 Å². The largest absolute Gasteiger partial charge is 0.467 e. The molecule has 3 aromatic heterocycles. The van der Waals surface area contributed by atoms with Gasteiger partial charge in [-0.1, -0.05) is 13.0 Å². The molecule has 114 valence electrons. The number of rotatable bonds is 6. The predicted molar refractivity (Wildman–Crippen MR) is 84.3 cm³/mol. The molecule has 0 radical (unpaired) electrons. The third kappa shape index (κ3) is 3.17. The van der Waals surface area contributed by atoms with Crippen molar-refractivity contribution in [2.75, 3.05) is 4.90 Å². The summed E-state index contributed by atoms with van der Waals surface area (Å²) >= 11 is 1.64. The van der Waals surface area contributed by atoms with Gasteiger partial charge in [0.15, 0.2) is 11.6 Å². The van der Waals surface area contributed by atoms with Gasteiger partial charge in [-0.05, 0) is 30.0 Å². The number of furan rings is 1. The third-order valence-electron chi connectivity index (χ3n) is 3.33. The topological polar surface area (TPSA) is 42.2 Å². The van der Waals surface area contributed by atoms with E-state index in [0.29, 0.717) is 31.0 Å². The Labute approximate surface area is 132 Å². The summed E-state index contributed by atoms with van der Waals surface area (Å²) in [6, 6.07) is 7.71. The van der Waals surface area contributed by atoms with Crippen molar-refractivity contribution in [3.05, 3.63) is 64.4 Å². The summed E-state index contributed by atoms with van der Waals surface area (Å²) < 4.78 is 20.0. The number of aryl methyl sites for hydroxylation is 1. The first-order valence-electron chi connectivity index (χ1n) is 7.07. The smallest absolute Gasteiger partial charge is 0.187 e. The molecule has 0 aliphatic rings. The first kappa shape index (κ1) is 14.7. The van der Waals surface area contributed by atoms with E-state index < -0.39 is 0 Å². The molecule has 0 saturated heterocycles. The van der Waals surface area contributed by atoms with Crippen LogP contribution in [0.1, 0.15) is 23.3 Å². The molecule has 0 spiro atoms. The van der Waals surface area contributed by atoms with Gasteiger partial charge >= 0.3 is 0 Å². The van der Waals surface area contributed by atoms with Gasteiger partial charge in [0.25, 0.3) is 0 Å². The summed E-state index contributed by atoms with van der Waals surface area (Å²) in [5.41, 5.74) is 0.431. The fourth-order valence-electron chi connectivity index (χ4n) is 2.25. The minimum Gasteiger partial charge on any atom is -0.467 e. The van der Waals surface area contributed by atoms with Crippen molar-refractivity contribution in [1.82, 2.24) is 9.97 Å². The molecule has 3 aromatic rings. The van der Waals surface area contributed by atoms with Crippen LogP contribution >= 0.6 is 11.3 Å². The molecule has 0 aromatic carbocycles. The van der Waals surface area contributed by atoms with Crippen LogP contribution in [0.4, 0.5) is 10.2 Å². The molecule has 6 heteroatoms. The lowest BCUT2D eigenvalue weighted by molar-refractivity contribution is 0.496. The molecule has 0 bridgehead atoms. The van der Waals surface area contributed by atoms with Crippen molar-refractivity contribution in [2.24, 2.45) is 0 Å². The number of halogens is 1. The first-order chi connectivity index (χ1) is 10.8. The van der Waals surface area contributed by atoms with Crippen LogP contribution in [-0.2, 0) is 19.5 Å². The van der Waals surface area contributed by atoms with E-state index in [1.54, 1.807) is 17.6 Å². The van der Waals surface area contributed by atoms with Gasteiger partial charge in [-0.15, -0.1) is 11.3 Å². The van der Waals surface area contributed by atoms with E-state index >= 15 is 0 Å². The summed E-state index contributed by atoms with van der Waals surface area (Å²) in [6.45, 7) is 2.92. The molecule has 0 aliphatic carbocycles. The number of hydrogen-bond donors (Lipinski definition) is 0. The fraction of sp³-hybridized carbons (Fsp3) is 0.250. The van der Waals surface area contributed by atoms with E-state index in [1.165, 1.54) is 6.33 Å². The van der Waals surface area contributed by atoms with Crippen LogP contribution in [0.2, 0.25) is 0 Å². The summed E-state index contributed by atoms with van der Waals surface area (Å²) in [5.74, 6) is 0.734. The molecular weight excluding hydrogens is 301 g/mol. The second kappa shape index (κ2) is 6.70. The maximum atomic E-state index is 14.6. The normalized spacial score (nSPS) is 10.8. The van der Waals surface area contributed by atoms with Crippen molar-refractivity contribution >= 4 is 17.2 Å². The molecule has 22 heavy (non-hydrogen) atoms. The molecule has 0 fully saturated rings. The second-order valence-corrected chi connectivity index (χ2v) is 5.86. The van der Waals surface area contributed by atoms with E-state index in [1.807, 2.05) is 41.5 Å².